The Morgan fingerprint density at radius 2 is 2.05 bits per heavy atom. The summed E-state index contributed by atoms with van der Waals surface area (Å²) in [6.45, 7) is 2.91. The van der Waals surface area contributed by atoms with E-state index in [0.717, 1.165) is 31.8 Å². The summed E-state index contributed by atoms with van der Waals surface area (Å²) in [5, 5.41) is 3.43. The number of benzene rings is 1. The summed E-state index contributed by atoms with van der Waals surface area (Å²) < 4.78 is 7.22. The van der Waals surface area contributed by atoms with Crippen LogP contribution < -0.4 is 10.1 Å². The minimum Gasteiger partial charge on any atom is -0.497 e. The molecule has 0 fully saturated rings. The predicted octanol–water partition coefficient (Wildman–Crippen LogP) is 2.49. The first-order valence-electron chi connectivity index (χ1n) is 6.18. The number of ether oxygens (including phenoxy) is 1. The van der Waals surface area contributed by atoms with Gasteiger partial charge in [0.05, 0.1) is 13.4 Å². The van der Waals surface area contributed by atoms with Crippen LogP contribution in [0, 0.1) is 0 Å². The summed E-state index contributed by atoms with van der Waals surface area (Å²) in [6, 6.07) is 8.15. The van der Waals surface area contributed by atoms with Gasteiger partial charge in [-0.05, 0) is 30.7 Å². The van der Waals surface area contributed by atoms with E-state index in [0.29, 0.717) is 0 Å². The molecule has 4 nitrogen and oxygen atoms in total. The maximum absolute atomic E-state index is 5.12. The number of aromatic nitrogens is 2. The lowest BCUT2D eigenvalue weighted by Crippen LogP contribution is -2.16. The largest absolute Gasteiger partial charge is 0.497 e. The van der Waals surface area contributed by atoms with E-state index < -0.39 is 0 Å². The Balaban J connectivity index is 0.00000180. The topological polar surface area (TPSA) is 39.1 Å². The van der Waals surface area contributed by atoms with Crippen LogP contribution in [0.25, 0.3) is 0 Å². The second-order valence-electron chi connectivity index (χ2n) is 4.18. The number of methoxy groups -OCH3 is 1. The van der Waals surface area contributed by atoms with Gasteiger partial charge < -0.3 is 14.6 Å². The van der Waals surface area contributed by atoms with Gasteiger partial charge in [-0.15, -0.1) is 12.4 Å². The zero-order valence-electron chi connectivity index (χ0n) is 11.1. The molecule has 1 N–H and O–H groups in total. The fourth-order valence-electron chi connectivity index (χ4n) is 1.78. The molecule has 0 aliphatic rings. The highest BCUT2D eigenvalue weighted by molar-refractivity contribution is 5.85. The van der Waals surface area contributed by atoms with Gasteiger partial charge in [0.15, 0.2) is 0 Å². The number of imidazole rings is 1. The fraction of sp³-hybridized carbons (Fsp3) is 0.357. The summed E-state index contributed by atoms with van der Waals surface area (Å²) in [6.07, 6.45) is 6.75. The Morgan fingerprint density at radius 3 is 2.68 bits per heavy atom. The first kappa shape index (κ1) is 15.5. The van der Waals surface area contributed by atoms with Crippen LogP contribution in [0.4, 0.5) is 0 Å². The molecule has 19 heavy (non-hydrogen) atoms. The molecule has 5 heteroatoms. The van der Waals surface area contributed by atoms with Gasteiger partial charge in [0.2, 0.25) is 0 Å². The van der Waals surface area contributed by atoms with Gasteiger partial charge in [-0.2, -0.15) is 0 Å². The van der Waals surface area contributed by atoms with E-state index in [1.165, 1.54) is 5.56 Å². The number of aryl methyl sites for hydroxylation is 1. The third-order valence-corrected chi connectivity index (χ3v) is 2.82. The molecule has 0 spiro atoms. The van der Waals surface area contributed by atoms with Crippen molar-refractivity contribution >= 4 is 12.4 Å². The highest BCUT2D eigenvalue weighted by atomic mass is 35.5. The summed E-state index contributed by atoms with van der Waals surface area (Å²) in [5.41, 5.74) is 1.28. The van der Waals surface area contributed by atoms with Crippen molar-refractivity contribution in [3.8, 4) is 5.75 Å². The lowest BCUT2D eigenvalue weighted by molar-refractivity contribution is 0.414. The van der Waals surface area contributed by atoms with Crippen LogP contribution in [-0.4, -0.2) is 23.2 Å². The normalized spacial score (nSPS) is 9.95. The number of hydrogen-bond donors (Lipinski definition) is 1. The molecule has 1 heterocycles. The number of nitrogens with one attached hydrogen (secondary N) is 1. The molecule has 2 aromatic rings. The molecule has 0 bridgehead atoms. The lowest BCUT2D eigenvalue weighted by atomic mass is 10.2. The molecule has 1 aromatic heterocycles. The minimum absolute atomic E-state index is 0. The first-order chi connectivity index (χ1) is 8.88. The summed E-state index contributed by atoms with van der Waals surface area (Å²) in [7, 11) is 1.68. The van der Waals surface area contributed by atoms with Crippen molar-refractivity contribution in [3.63, 3.8) is 0 Å². The Kier molecular flexibility index (Phi) is 7.00. The van der Waals surface area contributed by atoms with E-state index in [-0.39, 0.29) is 12.4 Å². The fourth-order valence-corrected chi connectivity index (χ4v) is 1.78. The number of hydrogen-bond acceptors (Lipinski definition) is 3. The highest BCUT2D eigenvalue weighted by Crippen LogP contribution is 2.10. The van der Waals surface area contributed by atoms with E-state index >= 15 is 0 Å². The Labute approximate surface area is 120 Å². The van der Waals surface area contributed by atoms with Gasteiger partial charge in [0.25, 0.3) is 0 Å². The van der Waals surface area contributed by atoms with Crippen molar-refractivity contribution in [1.29, 1.82) is 0 Å². The van der Waals surface area contributed by atoms with Crippen molar-refractivity contribution in [3.05, 3.63) is 48.5 Å². The molecule has 1 aromatic carbocycles. The molecule has 0 amide bonds. The monoisotopic (exact) mass is 281 g/mol. The molecule has 0 aliphatic heterocycles. The second kappa shape index (κ2) is 8.56. The number of nitrogens with zero attached hydrogens (tertiary/aromatic N) is 2. The van der Waals surface area contributed by atoms with Crippen LogP contribution in [0.15, 0.2) is 43.0 Å². The third-order valence-electron chi connectivity index (χ3n) is 2.82. The van der Waals surface area contributed by atoms with Gasteiger partial charge >= 0.3 is 0 Å². The van der Waals surface area contributed by atoms with Crippen LogP contribution >= 0.6 is 12.4 Å². The molecular formula is C14H20ClN3O. The second-order valence-corrected chi connectivity index (χ2v) is 4.18. The van der Waals surface area contributed by atoms with Gasteiger partial charge in [0, 0.05) is 25.5 Å². The Morgan fingerprint density at radius 1 is 1.26 bits per heavy atom. The van der Waals surface area contributed by atoms with Crippen molar-refractivity contribution in [2.45, 2.75) is 19.5 Å². The van der Waals surface area contributed by atoms with Crippen molar-refractivity contribution in [2.24, 2.45) is 0 Å². The standard InChI is InChI=1S/C14H19N3O.ClH/c1-18-14-5-3-13(4-6-14)11-15-7-2-9-17-10-8-16-12-17;/h3-6,8,10,12,15H,2,7,9,11H2,1H3;1H. The SMILES string of the molecule is COc1ccc(CNCCCn2ccnc2)cc1.Cl. The van der Waals surface area contributed by atoms with Crippen LogP contribution in [0.2, 0.25) is 0 Å². The van der Waals surface area contributed by atoms with Gasteiger partial charge in [-0.3, -0.25) is 0 Å². The number of rotatable bonds is 7. The van der Waals surface area contributed by atoms with E-state index in [1.807, 2.05) is 30.9 Å². The molecule has 104 valence electrons. The van der Waals surface area contributed by atoms with Gasteiger partial charge in [-0.25, -0.2) is 4.98 Å². The maximum Gasteiger partial charge on any atom is 0.118 e. The van der Waals surface area contributed by atoms with Crippen LogP contribution in [0.1, 0.15) is 12.0 Å². The van der Waals surface area contributed by atoms with E-state index in [9.17, 15) is 0 Å². The Bertz CT molecular complexity index is 442. The molecule has 0 aliphatic carbocycles. The molecule has 0 atom stereocenters. The van der Waals surface area contributed by atoms with Crippen molar-refractivity contribution < 1.29 is 4.74 Å². The first-order valence-corrected chi connectivity index (χ1v) is 6.18. The smallest absolute Gasteiger partial charge is 0.118 e. The molecular weight excluding hydrogens is 262 g/mol. The lowest BCUT2D eigenvalue weighted by Gasteiger charge is -2.06. The maximum atomic E-state index is 5.12. The predicted molar refractivity (Wildman–Crippen MR) is 78.8 cm³/mol. The van der Waals surface area contributed by atoms with E-state index in [4.69, 9.17) is 4.74 Å². The average molecular weight is 282 g/mol. The quantitative estimate of drug-likeness (QED) is 0.793. The van der Waals surface area contributed by atoms with Crippen molar-refractivity contribution in [2.75, 3.05) is 13.7 Å². The molecule has 0 saturated carbocycles. The summed E-state index contributed by atoms with van der Waals surface area (Å²) in [4.78, 5) is 4.02. The molecule has 0 radical (unpaired) electrons. The zero-order chi connectivity index (χ0) is 12.6. The zero-order valence-corrected chi connectivity index (χ0v) is 11.9. The molecule has 0 unspecified atom stereocenters. The van der Waals surface area contributed by atoms with E-state index in [2.05, 4.69) is 27.0 Å². The molecule has 0 saturated heterocycles. The van der Waals surface area contributed by atoms with E-state index in [1.54, 1.807) is 7.11 Å². The average Bonchev–Trinajstić information content (AvgIpc) is 2.92. The number of halogens is 1. The van der Waals surface area contributed by atoms with Gasteiger partial charge in [0.1, 0.15) is 5.75 Å². The summed E-state index contributed by atoms with van der Waals surface area (Å²) >= 11 is 0. The highest BCUT2D eigenvalue weighted by Gasteiger charge is 1.94. The third kappa shape index (κ3) is 5.32. The van der Waals surface area contributed by atoms with Crippen LogP contribution in [0.5, 0.6) is 5.75 Å². The van der Waals surface area contributed by atoms with Crippen molar-refractivity contribution in [1.82, 2.24) is 14.9 Å². The van der Waals surface area contributed by atoms with Gasteiger partial charge in [-0.1, -0.05) is 12.1 Å². The molecule has 2 rings (SSSR count). The Hall–Kier alpha value is -1.52. The summed E-state index contributed by atoms with van der Waals surface area (Å²) in [5.74, 6) is 0.902. The van der Waals surface area contributed by atoms with Crippen LogP contribution in [0.3, 0.4) is 0 Å². The minimum atomic E-state index is 0. The van der Waals surface area contributed by atoms with Crippen LogP contribution in [-0.2, 0) is 13.1 Å².